The fourth-order valence-electron chi connectivity index (χ4n) is 6.82. The summed E-state index contributed by atoms with van der Waals surface area (Å²) in [6.07, 6.45) is 6.44. The lowest BCUT2D eigenvalue weighted by molar-refractivity contribution is -0.151. The van der Waals surface area contributed by atoms with E-state index in [0.717, 1.165) is 40.3 Å². The zero-order valence-electron chi connectivity index (χ0n) is 30.1. The van der Waals surface area contributed by atoms with Gasteiger partial charge in [-0.1, -0.05) is 97.1 Å². The van der Waals surface area contributed by atoms with Crippen LogP contribution in [0.3, 0.4) is 0 Å². The second-order valence-electron chi connectivity index (χ2n) is 13.6. The van der Waals surface area contributed by atoms with Crippen LogP contribution < -0.4 is 10.6 Å². The Bertz CT molecular complexity index is 1890. The van der Waals surface area contributed by atoms with Crippen LogP contribution in [0.1, 0.15) is 48.8 Å². The van der Waals surface area contributed by atoms with Gasteiger partial charge in [0.05, 0.1) is 24.5 Å². The van der Waals surface area contributed by atoms with Crippen LogP contribution in [0.15, 0.2) is 122 Å². The summed E-state index contributed by atoms with van der Waals surface area (Å²) in [5.41, 5.74) is 3.59. The number of unbranched alkanes of at least 4 members (excludes halogenated alkanes) is 1. The van der Waals surface area contributed by atoms with Crippen molar-refractivity contribution in [2.45, 2.75) is 63.6 Å². The van der Waals surface area contributed by atoms with Crippen LogP contribution in [0.2, 0.25) is 0 Å². The van der Waals surface area contributed by atoms with E-state index in [0.29, 0.717) is 31.5 Å². The smallest absolute Gasteiger partial charge is 0.309 e. The molecule has 1 aliphatic rings. The third kappa shape index (κ3) is 10.7. The number of ether oxygens (including phenoxy) is 1. The van der Waals surface area contributed by atoms with E-state index in [2.05, 4.69) is 23.8 Å². The molecule has 0 saturated heterocycles. The third-order valence-electron chi connectivity index (χ3n) is 9.79. The van der Waals surface area contributed by atoms with Crippen molar-refractivity contribution >= 4 is 40.2 Å². The number of aliphatic hydroxyl groups excluding tert-OH is 1. The van der Waals surface area contributed by atoms with Crippen molar-refractivity contribution in [3.05, 3.63) is 139 Å². The standard InChI is InChI=1S/C44H49N3O6/c1-3-5-7-20-36(24-31-15-8-6-9-16-31)44(52)53-30-40(43(51)45-38-23-22-32-17-10-11-18-33(32)25-38)46-42(50)35(14-4-2)27-41(49)47-28-37-21-13-12-19-34(37)26-39(47)29-48/h3-4,6,8-13,15-19,21-23,25,35-36,39-40,48H,1-2,5,7,14,20,24,26-30H2,(H,45,51)(H,46,50). The Morgan fingerprint density at radius 3 is 2.30 bits per heavy atom. The molecule has 53 heavy (non-hydrogen) atoms. The molecule has 4 aromatic carbocycles. The average molecular weight is 716 g/mol. The molecule has 0 fully saturated rings. The van der Waals surface area contributed by atoms with E-state index in [-0.39, 0.29) is 25.4 Å². The zero-order chi connectivity index (χ0) is 37.6. The number of anilines is 1. The predicted molar refractivity (Wildman–Crippen MR) is 208 cm³/mol. The van der Waals surface area contributed by atoms with Crippen molar-refractivity contribution in [1.29, 1.82) is 0 Å². The molecule has 9 heteroatoms. The summed E-state index contributed by atoms with van der Waals surface area (Å²) >= 11 is 0. The van der Waals surface area contributed by atoms with E-state index in [4.69, 9.17) is 4.74 Å². The minimum atomic E-state index is -1.25. The topological polar surface area (TPSA) is 125 Å². The second-order valence-corrected chi connectivity index (χ2v) is 13.6. The molecule has 9 nitrogen and oxygen atoms in total. The molecule has 0 bridgehead atoms. The molecule has 4 unspecified atom stereocenters. The first kappa shape index (κ1) is 38.7. The lowest BCUT2D eigenvalue weighted by Crippen LogP contribution is -2.51. The van der Waals surface area contributed by atoms with Crippen molar-refractivity contribution in [3.63, 3.8) is 0 Å². The lowest BCUT2D eigenvalue weighted by atomic mass is 9.92. The van der Waals surface area contributed by atoms with Crippen molar-refractivity contribution < 1.29 is 29.0 Å². The van der Waals surface area contributed by atoms with Crippen molar-refractivity contribution in [2.24, 2.45) is 11.8 Å². The van der Waals surface area contributed by atoms with Gasteiger partial charge in [-0.2, -0.15) is 0 Å². The molecule has 3 amide bonds. The summed E-state index contributed by atoms with van der Waals surface area (Å²) in [4.78, 5) is 56.7. The lowest BCUT2D eigenvalue weighted by Gasteiger charge is -2.36. The SMILES string of the molecule is C=CCCCC(Cc1ccccc1)C(=O)OCC(NC(=O)C(CC=C)CC(=O)N1Cc2ccccc2CC1CO)C(=O)Nc1ccc2ccccc2c1. The normalized spacial score (nSPS) is 15.3. The first-order valence-electron chi connectivity index (χ1n) is 18.3. The van der Waals surface area contributed by atoms with Gasteiger partial charge in [0, 0.05) is 18.7 Å². The van der Waals surface area contributed by atoms with E-state index in [9.17, 15) is 24.3 Å². The quantitative estimate of drug-likeness (QED) is 0.0610. The maximum atomic E-state index is 13.9. The van der Waals surface area contributed by atoms with Crippen LogP contribution in [-0.4, -0.2) is 59.0 Å². The molecule has 0 spiro atoms. The molecule has 1 aliphatic heterocycles. The maximum absolute atomic E-state index is 13.9. The van der Waals surface area contributed by atoms with Crippen LogP contribution in [0, 0.1) is 11.8 Å². The Morgan fingerprint density at radius 1 is 0.849 bits per heavy atom. The number of allylic oxidation sites excluding steroid dienone is 2. The summed E-state index contributed by atoms with van der Waals surface area (Å²) in [7, 11) is 0. The Balaban J connectivity index is 1.32. The minimum Gasteiger partial charge on any atom is -0.463 e. The maximum Gasteiger partial charge on any atom is 0.309 e. The summed E-state index contributed by atoms with van der Waals surface area (Å²) < 4.78 is 5.81. The number of hydrogen-bond acceptors (Lipinski definition) is 6. The highest BCUT2D eigenvalue weighted by atomic mass is 16.5. The van der Waals surface area contributed by atoms with Gasteiger partial charge >= 0.3 is 5.97 Å². The second kappa shape index (κ2) is 19.3. The number of nitrogens with one attached hydrogen (secondary N) is 2. The number of hydrogen-bond donors (Lipinski definition) is 3. The number of carbonyl (C=O) groups is 4. The van der Waals surface area contributed by atoms with Crippen molar-refractivity contribution in [1.82, 2.24) is 10.2 Å². The highest BCUT2D eigenvalue weighted by Gasteiger charge is 2.34. The van der Waals surface area contributed by atoms with Crippen LogP contribution >= 0.6 is 0 Å². The molecule has 4 atom stereocenters. The fourth-order valence-corrected chi connectivity index (χ4v) is 6.82. The molecule has 0 aromatic heterocycles. The first-order chi connectivity index (χ1) is 25.8. The number of benzene rings is 4. The number of esters is 1. The summed E-state index contributed by atoms with van der Waals surface area (Å²) in [5.74, 6) is -3.17. The Labute approximate surface area is 311 Å². The van der Waals surface area contributed by atoms with Crippen molar-refractivity contribution in [2.75, 3.05) is 18.5 Å². The fraction of sp³-hybridized carbons (Fsp3) is 0.318. The summed E-state index contributed by atoms with van der Waals surface area (Å²) in [6, 6.07) is 29.0. The molecule has 0 saturated carbocycles. The first-order valence-corrected chi connectivity index (χ1v) is 18.3. The Morgan fingerprint density at radius 2 is 1.57 bits per heavy atom. The molecule has 276 valence electrons. The molecule has 4 aromatic rings. The molecule has 3 N–H and O–H groups in total. The van der Waals surface area contributed by atoms with Gasteiger partial charge in [-0.05, 0) is 78.1 Å². The number of carbonyl (C=O) groups excluding carboxylic acids is 4. The number of nitrogens with zero attached hydrogens (tertiary/aromatic N) is 1. The predicted octanol–water partition coefficient (Wildman–Crippen LogP) is 6.55. The average Bonchev–Trinajstić information content (AvgIpc) is 3.18. The van der Waals surface area contributed by atoms with Crippen LogP contribution in [0.5, 0.6) is 0 Å². The number of amides is 3. The van der Waals surface area contributed by atoms with Crippen LogP contribution in [-0.2, 0) is 43.3 Å². The van der Waals surface area contributed by atoms with E-state index < -0.39 is 48.3 Å². The Hall–Kier alpha value is -5.54. The van der Waals surface area contributed by atoms with Crippen molar-refractivity contribution in [3.8, 4) is 0 Å². The molecule has 0 aliphatic carbocycles. The van der Waals surface area contributed by atoms with E-state index in [1.54, 1.807) is 17.0 Å². The van der Waals surface area contributed by atoms with Crippen LogP contribution in [0.4, 0.5) is 5.69 Å². The number of aliphatic hydroxyl groups is 1. The minimum absolute atomic E-state index is 0.155. The molecule has 5 rings (SSSR count). The van der Waals surface area contributed by atoms with E-state index in [1.165, 1.54) is 0 Å². The third-order valence-corrected chi connectivity index (χ3v) is 9.79. The largest absolute Gasteiger partial charge is 0.463 e. The van der Waals surface area contributed by atoms with Gasteiger partial charge in [0.2, 0.25) is 11.8 Å². The monoisotopic (exact) mass is 715 g/mol. The van der Waals surface area contributed by atoms with Gasteiger partial charge in [0.15, 0.2) is 0 Å². The molecule has 1 heterocycles. The number of rotatable bonds is 18. The molecular formula is C44H49N3O6. The van der Waals surface area contributed by atoms with E-state index >= 15 is 0 Å². The van der Waals surface area contributed by atoms with E-state index in [1.807, 2.05) is 97.1 Å². The van der Waals surface area contributed by atoms with Crippen LogP contribution in [0.25, 0.3) is 10.8 Å². The Kier molecular flexibility index (Phi) is 14.1. The molecular weight excluding hydrogens is 666 g/mol. The molecule has 0 radical (unpaired) electrons. The van der Waals surface area contributed by atoms with Gasteiger partial charge in [-0.15, -0.1) is 13.2 Å². The number of fused-ring (bicyclic) bond motifs is 2. The summed E-state index contributed by atoms with van der Waals surface area (Å²) in [5, 5.41) is 17.8. The highest BCUT2D eigenvalue weighted by molar-refractivity contribution is 6.00. The zero-order valence-corrected chi connectivity index (χ0v) is 30.1. The van der Waals surface area contributed by atoms with Gasteiger partial charge < -0.3 is 25.4 Å². The van der Waals surface area contributed by atoms with Gasteiger partial charge in [-0.3, -0.25) is 19.2 Å². The van der Waals surface area contributed by atoms with Gasteiger partial charge in [-0.25, -0.2) is 0 Å². The van der Waals surface area contributed by atoms with Gasteiger partial charge in [0.25, 0.3) is 5.91 Å². The highest BCUT2D eigenvalue weighted by Crippen LogP contribution is 2.26. The summed E-state index contributed by atoms with van der Waals surface area (Å²) in [6.45, 7) is 7.31. The van der Waals surface area contributed by atoms with Gasteiger partial charge in [0.1, 0.15) is 12.6 Å².